The number of nitrogens with zero attached hydrogens (tertiary/aromatic N) is 1. The summed E-state index contributed by atoms with van der Waals surface area (Å²) >= 11 is 0. The van der Waals surface area contributed by atoms with Crippen LogP contribution in [0.5, 0.6) is 0 Å². The molecular weight excluding hydrogens is 256 g/mol. The third kappa shape index (κ3) is 3.21. The van der Waals surface area contributed by atoms with Crippen molar-refractivity contribution in [3.63, 3.8) is 0 Å². The lowest BCUT2D eigenvalue weighted by Crippen LogP contribution is -2.63. The van der Waals surface area contributed by atoms with Crippen molar-refractivity contribution in [2.24, 2.45) is 0 Å². The molecule has 7 heteroatoms. The summed E-state index contributed by atoms with van der Waals surface area (Å²) in [6.07, 6.45) is 1.19. The van der Waals surface area contributed by atoms with Crippen molar-refractivity contribution in [3.05, 3.63) is 0 Å². The molecule has 1 unspecified atom stereocenters. The number of sulfone groups is 1. The zero-order valence-electron chi connectivity index (χ0n) is 10.6. The molecule has 18 heavy (non-hydrogen) atoms. The number of hydrogen-bond acceptors (Lipinski definition) is 5. The SMILES string of the molecule is CCC1(O)CN(CC(=O)NC2CCS(=O)(=O)C2)C1. The van der Waals surface area contributed by atoms with E-state index in [1.807, 2.05) is 11.8 Å². The lowest BCUT2D eigenvalue weighted by molar-refractivity contribution is -0.133. The number of carbonyl (C=O) groups is 1. The first-order valence-corrected chi connectivity index (χ1v) is 8.08. The molecule has 2 aliphatic heterocycles. The average molecular weight is 276 g/mol. The van der Waals surface area contributed by atoms with Crippen LogP contribution in [0.4, 0.5) is 0 Å². The van der Waals surface area contributed by atoms with Crippen LogP contribution in [0.1, 0.15) is 19.8 Å². The van der Waals surface area contributed by atoms with Gasteiger partial charge < -0.3 is 10.4 Å². The van der Waals surface area contributed by atoms with Gasteiger partial charge in [0.25, 0.3) is 0 Å². The van der Waals surface area contributed by atoms with Crippen LogP contribution < -0.4 is 5.32 Å². The summed E-state index contributed by atoms with van der Waals surface area (Å²) < 4.78 is 22.5. The first kappa shape index (κ1) is 13.8. The number of aliphatic hydroxyl groups is 1. The Hall–Kier alpha value is -0.660. The first-order valence-electron chi connectivity index (χ1n) is 6.26. The molecule has 104 valence electrons. The largest absolute Gasteiger partial charge is 0.387 e. The minimum absolute atomic E-state index is 0.0532. The summed E-state index contributed by atoms with van der Waals surface area (Å²) in [6.45, 7) is 3.18. The Labute approximate surface area is 107 Å². The van der Waals surface area contributed by atoms with Gasteiger partial charge in [-0.05, 0) is 12.8 Å². The Morgan fingerprint density at radius 1 is 1.50 bits per heavy atom. The fraction of sp³-hybridized carbons (Fsp3) is 0.909. The molecule has 2 N–H and O–H groups in total. The molecule has 0 aromatic rings. The second kappa shape index (κ2) is 4.79. The molecule has 1 amide bonds. The number of carbonyl (C=O) groups excluding carboxylic acids is 1. The van der Waals surface area contributed by atoms with E-state index < -0.39 is 15.4 Å². The summed E-state index contributed by atoms with van der Waals surface area (Å²) in [5.74, 6) is 0.0600. The van der Waals surface area contributed by atoms with Crippen molar-refractivity contribution >= 4 is 15.7 Å². The Morgan fingerprint density at radius 2 is 2.17 bits per heavy atom. The van der Waals surface area contributed by atoms with Crippen LogP contribution in [0, 0.1) is 0 Å². The fourth-order valence-electron chi connectivity index (χ4n) is 2.51. The van der Waals surface area contributed by atoms with Gasteiger partial charge >= 0.3 is 0 Å². The molecule has 2 fully saturated rings. The van der Waals surface area contributed by atoms with Gasteiger partial charge in [0, 0.05) is 19.1 Å². The Kier molecular flexibility index (Phi) is 3.66. The maximum Gasteiger partial charge on any atom is 0.234 e. The van der Waals surface area contributed by atoms with Crippen LogP contribution in [0.15, 0.2) is 0 Å². The molecule has 1 atom stereocenters. The zero-order valence-corrected chi connectivity index (χ0v) is 11.4. The molecule has 0 spiro atoms. The zero-order chi connectivity index (χ0) is 13.4. The van der Waals surface area contributed by atoms with Gasteiger partial charge in [-0.25, -0.2) is 8.42 Å². The van der Waals surface area contributed by atoms with E-state index in [1.165, 1.54) is 0 Å². The standard InChI is InChI=1S/C11H20N2O4S/c1-2-11(15)7-13(8-11)5-10(14)12-9-3-4-18(16,17)6-9/h9,15H,2-8H2,1H3,(H,12,14). The van der Waals surface area contributed by atoms with Crippen LogP contribution in [0.25, 0.3) is 0 Å². The second-order valence-electron chi connectivity index (χ2n) is 5.39. The lowest BCUT2D eigenvalue weighted by atomic mass is 9.91. The highest BCUT2D eigenvalue weighted by Crippen LogP contribution is 2.23. The molecule has 2 rings (SSSR count). The molecule has 0 bridgehead atoms. The molecule has 2 aliphatic rings. The molecule has 0 aliphatic carbocycles. The van der Waals surface area contributed by atoms with E-state index in [0.717, 1.165) is 0 Å². The van der Waals surface area contributed by atoms with Gasteiger partial charge in [0.1, 0.15) is 0 Å². The van der Waals surface area contributed by atoms with Gasteiger partial charge in [-0.15, -0.1) is 0 Å². The molecule has 0 aromatic carbocycles. The Balaban J connectivity index is 1.71. The molecule has 0 aromatic heterocycles. The summed E-state index contributed by atoms with van der Waals surface area (Å²) in [7, 11) is -2.95. The number of rotatable bonds is 4. The number of nitrogens with one attached hydrogen (secondary N) is 1. The van der Waals surface area contributed by atoms with Crippen molar-refractivity contribution < 1.29 is 18.3 Å². The third-order valence-electron chi connectivity index (χ3n) is 3.66. The molecule has 0 radical (unpaired) electrons. The molecule has 2 heterocycles. The van der Waals surface area contributed by atoms with E-state index in [4.69, 9.17) is 0 Å². The van der Waals surface area contributed by atoms with Crippen LogP contribution in [-0.4, -0.2) is 67.1 Å². The van der Waals surface area contributed by atoms with E-state index in [1.54, 1.807) is 0 Å². The van der Waals surface area contributed by atoms with Gasteiger partial charge in [-0.3, -0.25) is 9.69 Å². The van der Waals surface area contributed by atoms with Crippen molar-refractivity contribution in [3.8, 4) is 0 Å². The quantitative estimate of drug-likeness (QED) is 0.670. The van der Waals surface area contributed by atoms with Crippen molar-refractivity contribution in [1.29, 1.82) is 0 Å². The van der Waals surface area contributed by atoms with E-state index in [-0.39, 0.29) is 30.0 Å². The lowest BCUT2D eigenvalue weighted by Gasteiger charge is -2.45. The van der Waals surface area contributed by atoms with Crippen LogP contribution >= 0.6 is 0 Å². The summed E-state index contributed by atoms with van der Waals surface area (Å²) in [6, 6.07) is -0.242. The number of likely N-dealkylation sites (tertiary alicyclic amines) is 1. The Bertz CT molecular complexity index is 428. The van der Waals surface area contributed by atoms with Crippen LogP contribution in [-0.2, 0) is 14.6 Å². The summed E-state index contributed by atoms with van der Waals surface area (Å²) in [5, 5.41) is 12.5. The van der Waals surface area contributed by atoms with Gasteiger partial charge in [0.2, 0.25) is 5.91 Å². The second-order valence-corrected chi connectivity index (χ2v) is 7.62. The highest BCUT2D eigenvalue weighted by Gasteiger charge is 2.40. The predicted octanol–water partition coefficient (Wildman–Crippen LogP) is -1.25. The molecule has 6 nitrogen and oxygen atoms in total. The van der Waals surface area contributed by atoms with E-state index >= 15 is 0 Å². The van der Waals surface area contributed by atoms with Crippen LogP contribution in [0.2, 0.25) is 0 Å². The number of amides is 1. The smallest absolute Gasteiger partial charge is 0.234 e. The first-order chi connectivity index (χ1) is 8.32. The van der Waals surface area contributed by atoms with E-state index in [9.17, 15) is 18.3 Å². The maximum atomic E-state index is 11.7. The maximum absolute atomic E-state index is 11.7. The van der Waals surface area contributed by atoms with Gasteiger partial charge in [-0.1, -0.05) is 6.92 Å². The third-order valence-corrected chi connectivity index (χ3v) is 5.43. The minimum Gasteiger partial charge on any atom is -0.387 e. The van der Waals surface area contributed by atoms with Gasteiger partial charge in [-0.2, -0.15) is 0 Å². The monoisotopic (exact) mass is 276 g/mol. The predicted molar refractivity (Wildman–Crippen MR) is 66.9 cm³/mol. The van der Waals surface area contributed by atoms with Crippen LogP contribution in [0.3, 0.4) is 0 Å². The van der Waals surface area contributed by atoms with Gasteiger partial charge in [0.05, 0.1) is 23.7 Å². The van der Waals surface area contributed by atoms with Crippen molar-refractivity contribution in [1.82, 2.24) is 10.2 Å². The minimum atomic E-state index is -2.95. The topological polar surface area (TPSA) is 86.7 Å². The molecule has 0 saturated carbocycles. The highest BCUT2D eigenvalue weighted by atomic mass is 32.2. The molecular formula is C11H20N2O4S. The number of hydrogen-bond donors (Lipinski definition) is 2. The summed E-state index contributed by atoms with van der Waals surface area (Å²) in [5.41, 5.74) is -0.642. The van der Waals surface area contributed by atoms with Crippen molar-refractivity contribution in [2.75, 3.05) is 31.1 Å². The van der Waals surface area contributed by atoms with E-state index in [0.29, 0.717) is 25.9 Å². The normalized spacial score (nSPS) is 29.8. The average Bonchev–Trinajstić information content (AvgIpc) is 2.55. The Morgan fingerprint density at radius 3 is 2.67 bits per heavy atom. The van der Waals surface area contributed by atoms with Crippen molar-refractivity contribution in [2.45, 2.75) is 31.4 Å². The molecule has 2 saturated heterocycles. The van der Waals surface area contributed by atoms with Gasteiger partial charge in [0.15, 0.2) is 9.84 Å². The number of β-amino-alcohol motifs (C(OH)–C–C–N with tert-alkyl or cyclic N) is 1. The van der Waals surface area contributed by atoms with E-state index in [2.05, 4.69) is 5.32 Å². The fourth-order valence-corrected chi connectivity index (χ4v) is 4.18. The summed E-state index contributed by atoms with van der Waals surface area (Å²) in [4.78, 5) is 13.5. The highest BCUT2D eigenvalue weighted by molar-refractivity contribution is 7.91.